The van der Waals surface area contributed by atoms with E-state index in [0.717, 1.165) is 24.8 Å². The van der Waals surface area contributed by atoms with Crippen LogP contribution in [0.3, 0.4) is 0 Å². The number of allylic oxidation sites excluding steroid dienone is 1. The van der Waals surface area contributed by atoms with Crippen LogP contribution in [0.4, 0.5) is 0 Å². The van der Waals surface area contributed by atoms with E-state index in [1.54, 1.807) is 12.2 Å². The van der Waals surface area contributed by atoms with E-state index in [1.165, 1.54) is 0 Å². The minimum atomic E-state index is -0.949. The quantitative estimate of drug-likeness (QED) is 0.455. The average Bonchev–Trinajstić information content (AvgIpc) is 2.94. The molecule has 0 unspecified atom stereocenters. The van der Waals surface area contributed by atoms with E-state index in [0.29, 0.717) is 19.4 Å². The molecule has 0 radical (unpaired) electrons. The number of rotatable bonds is 11. The van der Waals surface area contributed by atoms with E-state index in [-0.39, 0.29) is 24.2 Å². The Morgan fingerprint density at radius 3 is 2.63 bits per heavy atom. The number of carboxylic acids is 1. The van der Waals surface area contributed by atoms with Gasteiger partial charge in [-0.3, -0.25) is 9.59 Å². The molecule has 1 fully saturated rings. The van der Waals surface area contributed by atoms with Gasteiger partial charge in [0.15, 0.2) is 5.78 Å². The Balaban J connectivity index is 2.03. The Bertz CT molecular complexity index is 625. The first-order valence-corrected chi connectivity index (χ1v) is 9.77. The number of ether oxygens (including phenoxy) is 1. The number of hydrogen-bond acceptors (Lipinski definition) is 4. The van der Waals surface area contributed by atoms with E-state index in [2.05, 4.69) is 6.92 Å². The van der Waals surface area contributed by atoms with Crippen LogP contribution in [0.25, 0.3) is 0 Å². The van der Waals surface area contributed by atoms with E-state index in [9.17, 15) is 19.8 Å². The molecule has 0 amide bonds. The fourth-order valence-corrected chi connectivity index (χ4v) is 3.65. The lowest BCUT2D eigenvalue weighted by atomic mass is 9.90. The Kier molecular flexibility index (Phi) is 8.69. The van der Waals surface area contributed by atoms with Crippen molar-refractivity contribution in [2.45, 2.75) is 64.3 Å². The van der Waals surface area contributed by atoms with Crippen molar-refractivity contribution in [3.63, 3.8) is 0 Å². The lowest BCUT2D eigenvalue weighted by molar-refractivity contribution is -0.139. The van der Waals surface area contributed by atoms with Gasteiger partial charge in [0, 0.05) is 24.7 Å². The zero-order chi connectivity index (χ0) is 19.6. The molecule has 5 nitrogen and oxygen atoms in total. The topological polar surface area (TPSA) is 83.8 Å². The van der Waals surface area contributed by atoms with Gasteiger partial charge in [0.2, 0.25) is 0 Å². The maximum absolute atomic E-state index is 12.1. The number of unbranched alkanes of at least 4 members (excludes halogenated alkanes) is 2. The molecule has 2 N–H and O–H groups in total. The highest BCUT2D eigenvalue weighted by atomic mass is 16.5. The Morgan fingerprint density at radius 1 is 1.22 bits per heavy atom. The van der Waals surface area contributed by atoms with Crippen molar-refractivity contribution < 1.29 is 24.5 Å². The molecular formula is C22H30O5. The Labute approximate surface area is 161 Å². The third-order valence-corrected chi connectivity index (χ3v) is 5.14. The molecule has 0 bridgehead atoms. The molecule has 5 heteroatoms. The van der Waals surface area contributed by atoms with Gasteiger partial charge in [-0.05, 0) is 18.1 Å². The molecule has 1 aromatic rings. The summed E-state index contributed by atoms with van der Waals surface area (Å²) >= 11 is 0. The van der Waals surface area contributed by atoms with Crippen LogP contribution >= 0.6 is 0 Å². The zero-order valence-corrected chi connectivity index (χ0v) is 15.9. The number of benzene rings is 1. The third kappa shape index (κ3) is 6.92. The number of aliphatic carboxylic acids is 1. The molecular weight excluding hydrogens is 344 g/mol. The van der Waals surface area contributed by atoms with Crippen molar-refractivity contribution in [2.75, 3.05) is 0 Å². The van der Waals surface area contributed by atoms with Gasteiger partial charge in [0.05, 0.1) is 25.2 Å². The molecule has 0 saturated heterocycles. The Morgan fingerprint density at radius 2 is 1.96 bits per heavy atom. The summed E-state index contributed by atoms with van der Waals surface area (Å²) in [7, 11) is 0. The highest BCUT2D eigenvalue weighted by Crippen LogP contribution is 2.38. The lowest BCUT2D eigenvalue weighted by Gasteiger charge is -2.21. The fraction of sp³-hybridized carbons (Fsp3) is 0.545. The van der Waals surface area contributed by atoms with Gasteiger partial charge in [-0.25, -0.2) is 0 Å². The molecule has 0 heterocycles. The summed E-state index contributed by atoms with van der Waals surface area (Å²) in [5.41, 5.74) is 1.02. The van der Waals surface area contributed by atoms with Gasteiger partial charge in [0.1, 0.15) is 0 Å². The third-order valence-electron chi connectivity index (χ3n) is 5.14. The van der Waals surface area contributed by atoms with Gasteiger partial charge in [-0.1, -0.05) is 56.2 Å². The van der Waals surface area contributed by atoms with Gasteiger partial charge in [-0.15, -0.1) is 0 Å². The van der Waals surface area contributed by atoms with Crippen LogP contribution in [0.2, 0.25) is 0 Å². The summed E-state index contributed by atoms with van der Waals surface area (Å²) in [6, 6.07) is 9.72. The summed E-state index contributed by atoms with van der Waals surface area (Å²) in [5, 5.41) is 19.5. The van der Waals surface area contributed by atoms with Crippen molar-refractivity contribution in [3.8, 4) is 0 Å². The molecule has 148 valence electrons. The second-order valence-electron chi connectivity index (χ2n) is 7.26. The largest absolute Gasteiger partial charge is 0.481 e. The predicted octanol–water partition coefficient (Wildman–Crippen LogP) is 3.75. The monoisotopic (exact) mass is 374 g/mol. The van der Waals surface area contributed by atoms with Crippen LogP contribution in [-0.2, 0) is 20.9 Å². The van der Waals surface area contributed by atoms with E-state index < -0.39 is 18.0 Å². The number of carboxylic acid groups (broad SMARTS) is 1. The number of aliphatic hydroxyl groups is 1. The molecule has 1 saturated carbocycles. The maximum atomic E-state index is 12.1. The Hall–Kier alpha value is -1.98. The van der Waals surface area contributed by atoms with Crippen molar-refractivity contribution in [1.82, 2.24) is 0 Å². The molecule has 0 aromatic heterocycles. The highest BCUT2D eigenvalue weighted by molar-refractivity contribution is 5.89. The van der Waals surface area contributed by atoms with Gasteiger partial charge in [0.25, 0.3) is 0 Å². The standard InChI is InChI=1S/C22H30O5/c1-2-3-5-10-17(23)11-12-18-19(13-22(25)26)20(24)14-21(18)27-15-16-8-6-4-7-9-16/h4,6-9,11-12,18-21,24H,2-3,5,10,13-15H2,1H3,(H,25,26)/t18-,19-,20+,21-/m0/s1. The predicted molar refractivity (Wildman–Crippen MR) is 103 cm³/mol. The van der Waals surface area contributed by atoms with Crippen LogP contribution in [-0.4, -0.2) is 34.2 Å². The van der Waals surface area contributed by atoms with Crippen molar-refractivity contribution in [1.29, 1.82) is 0 Å². The average molecular weight is 374 g/mol. The molecule has 1 aliphatic rings. The number of aliphatic hydroxyl groups excluding tert-OH is 1. The van der Waals surface area contributed by atoms with Gasteiger partial charge in [-0.2, -0.15) is 0 Å². The first-order chi connectivity index (χ1) is 13.0. The van der Waals surface area contributed by atoms with Crippen LogP contribution in [0.1, 0.15) is 51.0 Å². The number of carbonyl (C=O) groups is 2. The minimum absolute atomic E-state index is 0.0423. The van der Waals surface area contributed by atoms with Crippen LogP contribution < -0.4 is 0 Å². The van der Waals surface area contributed by atoms with Crippen LogP contribution in [0.15, 0.2) is 42.5 Å². The first-order valence-electron chi connectivity index (χ1n) is 9.77. The maximum Gasteiger partial charge on any atom is 0.303 e. The van der Waals surface area contributed by atoms with Crippen molar-refractivity contribution in [3.05, 3.63) is 48.0 Å². The van der Waals surface area contributed by atoms with Gasteiger partial charge < -0.3 is 14.9 Å². The summed E-state index contributed by atoms with van der Waals surface area (Å²) < 4.78 is 6.00. The smallest absolute Gasteiger partial charge is 0.303 e. The normalized spacial score (nSPS) is 25.1. The first kappa shape index (κ1) is 21.3. The molecule has 0 spiro atoms. The summed E-state index contributed by atoms with van der Waals surface area (Å²) in [4.78, 5) is 23.3. The SMILES string of the molecule is CCCCCC(=O)C=C[C@H]1[C@H](CC(=O)O)[C@H](O)C[C@@H]1OCc1ccccc1. The molecule has 27 heavy (non-hydrogen) atoms. The fourth-order valence-electron chi connectivity index (χ4n) is 3.65. The van der Waals surface area contributed by atoms with Crippen molar-refractivity contribution in [2.24, 2.45) is 11.8 Å². The molecule has 2 rings (SSSR count). The number of ketones is 1. The second kappa shape index (κ2) is 11.0. The molecule has 4 atom stereocenters. The van der Waals surface area contributed by atoms with Gasteiger partial charge >= 0.3 is 5.97 Å². The zero-order valence-electron chi connectivity index (χ0n) is 15.9. The molecule has 0 aliphatic heterocycles. The molecule has 1 aliphatic carbocycles. The number of hydrogen-bond donors (Lipinski definition) is 2. The van der Waals surface area contributed by atoms with E-state index >= 15 is 0 Å². The summed E-state index contributed by atoms with van der Waals surface area (Å²) in [5.74, 6) is -1.63. The lowest BCUT2D eigenvalue weighted by Crippen LogP contribution is -2.24. The second-order valence-corrected chi connectivity index (χ2v) is 7.26. The summed E-state index contributed by atoms with van der Waals surface area (Å²) in [6.45, 7) is 2.48. The van der Waals surface area contributed by atoms with E-state index in [1.807, 2.05) is 30.3 Å². The van der Waals surface area contributed by atoms with E-state index in [4.69, 9.17) is 4.74 Å². The minimum Gasteiger partial charge on any atom is -0.481 e. The molecule has 1 aromatic carbocycles. The van der Waals surface area contributed by atoms with Crippen LogP contribution in [0, 0.1) is 11.8 Å². The van der Waals surface area contributed by atoms with Crippen molar-refractivity contribution >= 4 is 11.8 Å². The van der Waals surface area contributed by atoms with Crippen LogP contribution in [0.5, 0.6) is 0 Å². The summed E-state index contributed by atoms with van der Waals surface area (Å²) in [6.07, 6.45) is 5.94. The number of carbonyl (C=O) groups excluding carboxylic acids is 1. The highest BCUT2D eigenvalue weighted by Gasteiger charge is 2.42.